The van der Waals surface area contributed by atoms with Crippen LogP contribution in [-0.2, 0) is 116 Å². The van der Waals surface area contributed by atoms with Gasteiger partial charge in [0, 0.05) is 0 Å². The zero-order valence-corrected chi connectivity index (χ0v) is 57.8. The van der Waals surface area contributed by atoms with E-state index in [4.69, 9.17) is 14.2 Å². The fraction of sp³-hybridized carbons (Fsp3) is 1.00. The van der Waals surface area contributed by atoms with Crippen LogP contribution in [0.25, 0.3) is 0 Å². The molecule has 0 bridgehead atoms. The first-order valence-corrected chi connectivity index (χ1v) is 20.9. The fourth-order valence-electron chi connectivity index (χ4n) is 4.07. The van der Waals surface area contributed by atoms with Gasteiger partial charge in [-0.15, -0.1) is 0 Å². The van der Waals surface area contributed by atoms with E-state index in [1.54, 1.807) is 0 Å². The maximum absolute atomic E-state index is 11.6. The SMILES string of the molecule is O=S(=O)([O-])OC[C@H]1O[C@@](COS(=O)(=O)[O-])(O[C@H]2O[C@H](CO)[C@@H](OS(=O)(=O)[O-])[C@H](OS(=O)(=O)[O-])[C@H]2OS(=O)(=O)[O-])[C@@H](OS(=O)(=O)[O-])[C@@H]1OS(=O)(=O)[O-].[K+].[K+].[K+].[K+].[K+].[K+].[K+]. The molecule has 1 N–H and O–H groups in total. The summed E-state index contributed by atoms with van der Waals surface area (Å²) in [6.45, 7) is -6.20. The first-order valence-electron chi connectivity index (χ1n) is 11.5. The average molecular weight is 1170 g/mol. The molecule has 58 heavy (non-hydrogen) atoms. The molecule has 0 spiro atoms. The summed E-state index contributed by atoms with van der Waals surface area (Å²) >= 11 is 0. The summed E-state index contributed by atoms with van der Waals surface area (Å²) in [5.74, 6) is -4.15. The van der Waals surface area contributed by atoms with Gasteiger partial charge in [0.2, 0.25) is 78.6 Å². The molecule has 2 aliphatic rings. The predicted octanol–water partition coefficient (Wildman–Crippen LogP) is -30.0. The van der Waals surface area contributed by atoms with Crippen LogP contribution in [0.5, 0.6) is 0 Å². The third kappa shape index (κ3) is 31.9. The molecule has 0 aromatic heterocycles. The summed E-state index contributed by atoms with van der Waals surface area (Å²) in [5, 5.41) is 9.70. The summed E-state index contributed by atoms with van der Waals surface area (Å²) in [7, 11) is -43.9. The molecule has 0 saturated carbocycles. The first kappa shape index (κ1) is 79.8. The second-order valence-corrected chi connectivity index (χ2v) is 16.1. The summed E-state index contributed by atoms with van der Waals surface area (Å²) < 4.78 is 281. The molecular formula is C12H15K7O32S7. The summed E-state index contributed by atoms with van der Waals surface area (Å²) in [4.78, 5) is 0. The Balaban J connectivity index is -0.000000966. The number of rotatable bonds is 19. The Morgan fingerprint density at radius 3 is 1.19 bits per heavy atom. The zero-order chi connectivity index (χ0) is 39.8. The van der Waals surface area contributed by atoms with E-state index in [1.807, 2.05) is 0 Å². The minimum atomic E-state index is -6.47. The third-order valence-corrected chi connectivity index (χ3v) is 8.56. The van der Waals surface area contributed by atoms with Crippen LogP contribution in [0, 0.1) is 0 Å². The van der Waals surface area contributed by atoms with E-state index in [0.717, 1.165) is 0 Å². The zero-order valence-electron chi connectivity index (χ0n) is 30.2. The minimum Gasteiger partial charge on any atom is -0.726 e. The van der Waals surface area contributed by atoms with Crippen LogP contribution in [-0.4, -0.2) is 171 Å². The van der Waals surface area contributed by atoms with E-state index in [9.17, 15) is 95.9 Å². The molecule has 46 heteroatoms. The maximum atomic E-state index is 11.6. The van der Waals surface area contributed by atoms with Gasteiger partial charge < -0.3 is 51.2 Å². The number of aliphatic hydroxyl groups is 1. The van der Waals surface area contributed by atoms with Crippen LogP contribution < -0.4 is 360 Å². The third-order valence-electron chi connectivity index (χ3n) is 5.45. The summed E-state index contributed by atoms with van der Waals surface area (Å²) in [6.07, 6.45) is -25.9. The molecule has 0 aromatic carbocycles. The molecule has 32 nitrogen and oxygen atoms in total. The minimum absolute atomic E-state index is 0. The Morgan fingerprint density at radius 2 is 0.828 bits per heavy atom. The van der Waals surface area contributed by atoms with E-state index < -0.39 is 147 Å². The number of ether oxygens (including phenoxy) is 3. The van der Waals surface area contributed by atoms with Crippen LogP contribution in [0.15, 0.2) is 0 Å². The topological polar surface area (TPSA) is 513 Å². The van der Waals surface area contributed by atoms with Gasteiger partial charge in [-0.05, 0) is 0 Å². The van der Waals surface area contributed by atoms with Crippen molar-refractivity contribution in [3.8, 4) is 0 Å². The molecule has 2 heterocycles. The standard InChI is InChI=1S/C12H22O32S7.7K/c13-1-4-6(40-47(20,21)22)8(42-49(26,27)28)9(43-50(29,30)31)11(37-4)39-12(3-36-46(17,18)19)10(44-51(32,33)34)7(41-48(23,24)25)5(38-12)2-35-45(14,15)16;;;;;;;/h4-11,13H,1-3H2,(H,14,15,16)(H,17,18,19)(H,20,21,22)(H,23,24,25)(H,26,27,28)(H,29,30,31)(H,32,33,34);;;;;;;/q;7*+1/p-7/t4-,5-,6-,7-,8+,9-,10+,11-,12+;;;;;;;/m1......./s1. The quantitative estimate of drug-likeness (QED) is 0.0713. The van der Waals surface area contributed by atoms with Gasteiger partial charge in [-0.1, -0.05) is 0 Å². The Morgan fingerprint density at radius 1 is 0.466 bits per heavy atom. The number of hydrogen-bond acceptors (Lipinski definition) is 32. The van der Waals surface area contributed by atoms with Gasteiger partial charge in [-0.2, -0.15) is 0 Å². The number of hydrogen-bond donors (Lipinski definition) is 1. The molecule has 2 aliphatic heterocycles. The van der Waals surface area contributed by atoms with Crippen molar-refractivity contribution in [1.82, 2.24) is 0 Å². The second kappa shape index (κ2) is 32.6. The van der Waals surface area contributed by atoms with Crippen molar-refractivity contribution in [3.63, 3.8) is 0 Å². The molecule has 0 aromatic rings. The molecule has 304 valence electrons. The van der Waals surface area contributed by atoms with Gasteiger partial charge >= 0.3 is 360 Å². The van der Waals surface area contributed by atoms with Crippen LogP contribution in [0.1, 0.15) is 0 Å². The monoisotopic (exact) mass is 1170 g/mol. The van der Waals surface area contributed by atoms with Crippen LogP contribution in [0.2, 0.25) is 0 Å². The van der Waals surface area contributed by atoms with Crippen molar-refractivity contribution in [2.45, 2.75) is 54.8 Å². The largest absolute Gasteiger partial charge is 1.00 e. The van der Waals surface area contributed by atoms with Gasteiger partial charge in [0.1, 0.15) is 37.1 Å². The van der Waals surface area contributed by atoms with E-state index in [0.29, 0.717) is 0 Å². The van der Waals surface area contributed by atoms with Crippen molar-refractivity contribution in [2.75, 3.05) is 19.8 Å². The smallest absolute Gasteiger partial charge is 0.726 e. The van der Waals surface area contributed by atoms with E-state index in [2.05, 4.69) is 29.3 Å². The molecular weight excluding hydrogens is 1150 g/mol. The van der Waals surface area contributed by atoms with Crippen LogP contribution in [0.3, 0.4) is 0 Å². The average Bonchev–Trinajstić information content (AvgIpc) is 3.11. The predicted molar refractivity (Wildman–Crippen MR) is 129 cm³/mol. The Labute approximate surface area is 628 Å². The molecule has 0 unspecified atom stereocenters. The van der Waals surface area contributed by atoms with Gasteiger partial charge in [0.25, 0.3) is 0 Å². The second-order valence-electron chi connectivity index (χ2n) is 8.98. The van der Waals surface area contributed by atoms with Crippen molar-refractivity contribution in [2.24, 2.45) is 0 Å². The molecule has 0 aliphatic carbocycles. The molecule has 2 saturated heterocycles. The molecule has 2 fully saturated rings. The van der Waals surface area contributed by atoms with Gasteiger partial charge in [-0.25, -0.2) is 58.9 Å². The summed E-state index contributed by atoms with van der Waals surface area (Å²) in [5.41, 5.74) is 0. The molecule has 2 rings (SSSR count). The Kier molecular flexibility index (Phi) is 44.9. The van der Waals surface area contributed by atoms with Gasteiger partial charge in [0.05, 0.1) is 13.2 Å². The van der Waals surface area contributed by atoms with E-state index in [-0.39, 0.29) is 360 Å². The van der Waals surface area contributed by atoms with Crippen molar-refractivity contribution in [1.29, 1.82) is 0 Å². The van der Waals surface area contributed by atoms with E-state index in [1.165, 1.54) is 0 Å². The molecule has 0 amide bonds. The normalized spacial score (nSPS) is 28.0. The van der Waals surface area contributed by atoms with Crippen LogP contribution >= 0.6 is 0 Å². The summed E-state index contributed by atoms with van der Waals surface area (Å²) in [6, 6.07) is 0. The van der Waals surface area contributed by atoms with Crippen LogP contribution in [0.4, 0.5) is 0 Å². The van der Waals surface area contributed by atoms with Gasteiger partial charge in [-0.3, -0.25) is 29.3 Å². The van der Waals surface area contributed by atoms with E-state index >= 15 is 0 Å². The van der Waals surface area contributed by atoms with Crippen molar-refractivity contribution < 1.29 is 499 Å². The van der Waals surface area contributed by atoms with Crippen molar-refractivity contribution in [3.05, 3.63) is 0 Å². The number of aliphatic hydroxyl groups excluding tert-OH is 1. The Bertz CT molecular complexity index is 2050. The Hall–Kier alpha value is 10.4. The maximum Gasteiger partial charge on any atom is 1.00 e. The fourth-order valence-corrected chi connectivity index (χ4v) is 7.16. The van der Waals surface area contributed by atoms with Gasteiger partial charge in [0.15, 0.2) is 18.5 Å². The van der Waals surface area contributed by atoms with Crippen molar-refractivity contribution >= 4 is 72.8 Å². The molecule has 9 atom stereocenters. The first-order chi connectivity index (χ1) is 22.5. The molecule has 0 radical (unpaired) electrons.